The third-order valence-corrected chi connectivity index (χ3v) is 2.44. The molecule has 74 valence electrons. The average Bonchev–Trinajstić information content (AvgIpc) is 2.78. The minimum absolute atomic E-state index is 0.109. The Morgan fingerprint density at radius 2 is 2.07 bits per heavy atom. The van der Waals surface area contributed by atoms with Crippen molar-refractivity contribution in [1.82, 2.24) is 0 Å². The quantitative estimate of drug-likeness (QED) is 0.747. The summed E-state index contributed by atoms with van der Waals surface area (Å²) in [5, 5.41) is 8.90. The van der Waals surface area contributed by atoms with Crippen molar-refractivity contribution in [3.8, 4) is 6.07 Å². The fraction of sp³-hybridized carbons (Fsp3) is 0.167. The minimum Gasteiger partial charge on any atom is -0.244 e. The number of hydrogen-bond acceptors (Lipinski definition) is 2. The predicted molar refractivity (Wildman–Crippen MR) is 58.2 cm³/mol. The monoisotopic (exact) mass is 198 g/mol. The molecule has 0 saturated carbocycles. The zero-order valence-corrected chi connectivity index (χ0v) is 8.51. The molecular weight excluding hydrogens is 186 g/mol. The fourth-order valence-corrected chi connectivity index (χ4v) is 1.60. The second-order valence-electron chi connectivity index (χ2n) is 3.47. The van der Waals surface area contributed by atoms with E-state index >= 15 is 0 Å². The van der Waals surface area contributed by atoms with Gasteiger partial charge in [-0.1, -0.05) is 18.2 Å². The number of rotatable bonds is 2. The van der Waals surface area contributed by atoms with E-state index in [-0.39, 0.29) is 6.04 Å². The van der Waals surface area contributed by atoms with Crippen molar-refractivity contribution in [3.05, 3.63) is 48.3 Å². The van der Waals surface area contributed by atoms with E-state index in [1.165, 1.54) is 0 Å². The Labute approximate surface area is 89.0 Å². The molecule has 2 unspecified atom stereocenters. The standard InChI is InChI=1S/C12H11N3/c1-10(9-13)15-8-7-14-12(15)11-5-3-2-4-6-11/h2-8,10H,1H3/p+1. The molecule has 1 aromatic rings. The smallest absolute Gasteiger partial charge is 0.239 e. The molecular formula is C12H12N3+. The van der Waals surface area contributed by atoms with Crippen LogP contribution in [0.25, 0.3) is 0 Å². The summed E-state index contributed by atoms with van der Waals surface area (Å²) in [4.78, 5) is 5.31. The number of benzene rings is 1. The van der Waals surface area contributed by atoms with Gasteiger partial charge >= 0.3 is 0 Å². The number of nitriles is 1. The molecule has 2 atom stereocenters. The Kier molecular flexibility index (Phi) is 2.61. The summed E-state index contributed by atoms with van der Waals surface area (Å²) in [6.45, 7) is 1.89. The van der Waals surface area contributed by atoms with Crippen molar-refractivity contribution < 1.29 is 4.90 Å². The molecule has 1 N–H and O–H groups in total. The number of amidine groups is 1. The third-order valence-electron chi connectivity index (χ3n) is 2.44. The van der Waals surface area contributed by atoms with Gasteiger partial charge in [0.25, 0.3) is 0 Å². The van der Waals surface area contributed by atoms with Gasteiger partial charge in [0.05, 0.1) is 11.8 Å². The van der Waals surface area contributed by atoms with Gasteiger partial charge < -0.3 is 0 Å². The van der Waals surface area contributed by atoms with Gasteiger partial charge in [0.2, 0.25) is 5.84 Å². The zero-order chi connectivity index (χ0) is 10.7. The van der Waals surface area contributed by atoms with E-state index in [9.17, 15) is 0 Å². The Hall–Kier alpha value is -1.92. The van der Waals surface area contributed by atoms with Crippen LogP contribution in [0.5, 0.6) is 0 Å². The summed E-state index contributed by atoms with van der Waals surface area (Å²) in [6, 6.07) is 12.1. The second-order valence-corrected chi connectivity index (χ2v) is 3.47. The summed E-state index contributed by atoms with van der Waals surface area (Å²) in [5.74, 6) is 0.921. The van der Waals surface area contributed by atoms with Crippen LogP contribution in [0.1, 0.15) is 12.5 Å². The summed E-state index contributed by atoms with van der Waals surface area (Å²) in [6.07, 6.45) is 3.67. The van der Waals surface area contributed by atoms with Gasteiger partial charge in [0.15, 0.2) is 6.04 Å². The first-order chi connectivity index (χ1) is 7.33. The van der Waals surface area contributed by atoms with Crippen LogP contribution in [0.3, 0.4) is 0 Å². The Bertz CT molecular complexity index is 440. The lowest BCUT2D eigenvalue weighted by Crippen LogP contribution is -3.12. The summed E-state index contributed by atoms with van der Waals surface area (Å²) >= 11 is 0. The Morgan fingerprint density at radius 1 is 1.33 bits per heavy atom. The summed E-state index contributed by atoms with van der Waals surface area (Å²) < 4.78 is 0. The highest BCUT2D eigenvalue weighted by Gasteiger charge is 2.25. The van der Waals surface area contributed by atoms with Crippen LogP contribution < -0.4 is 4.90 Å². The maximum atomic E-state index is 8.90. The van der Waals surface area contributed by atoms with Crippen LogP contribution in [0.4, 0.5) is 0 Å². The fourth-order valence-electron chi connectivity index (χ4n) is 1.60. The molecule has 1 aliphatic rings. The maximum Gasteiger partial charge on any atom is 0.239 e. The minimum atomic E-state index is -0.109. The molecule has 15 heavy (non-hydrogen) atoms. The van der Waals surface area contributed by atoms with Crippen LogP contribution in [0, 0.1) is 11.3 Å². The van der Waals surface area contributed by atoms with Crippen LogP contribution in [-0.2, 0) is 0 Å². The van der Waals surface area contributed by atoms with E-state index in [0.717, 1.165) is 16.3 Å². The lowest BCUT2D eigenvalue weighted by atomic mass is 10.2. The van der Waals surface area contributed by atoms with Crippen molar-refractivity contribution in [2.75, 3.05) is 0 Å². The van der Waals surface area contributed by atoms with E-state index in [2.05, 4.69) is 11.1 Å². The molecule has 3 heteroatoms. The Balaban J connectivity index is 2.29. The number of quaternary nitrogens is 1. The summed E-state index contributed by atoms with van der Waals surface area (Å²) in [7, 11) is 0. The maximum absolute atomic E-state index is 8.90. The van der Waals surface area contributed by atoms with E-state index in [1.807, 2.05) is 43.5 Å². The first-order valence-corrected chi connectivity index (χ1v) is 4.89. The first-order valence-electron chi connectivity index (χ1n) is 4.89. The molecule has 0 spiro atoms. The van der Waals surface area contributed by atoms with E-state index < -0.39 is 0 Å². The Morgan fingerprint density at radius 3 is 2.73 bits per heavy atom. The van der Waals surface area contributed by atoms with Crippen LogP contribution in [-0.4, -0.2) is 11.9 Å². The van der Waals surface area contributed by atoms with Gasteiger partial charge in [0.1, 0.15) is 12.3 Å². The van der Waals surface area contributed by atoms with Crippen molar-refractivity contribution in [3.63, 3.8) is 0 Å². The van der Waals surface area contributed by atoms with Crippen LogP contribution in [0.2, 0.25) is 0 Å². The largest absolute Gasteiger partial charge is 0.244 e. The van der Waals surface area contributed by atoms with Gasteiger partial charge in [-0.3, -0.25) is 0 Å². The summed E-state index contributed by atoms with van der Waals surface area (Å²) in [5.41, 5.74) is 1.07. The van der Waals surface area contributed by atoms with E-state index in [1.54, 1.807) is 6.20 Å². The van der Waals surface area contributed by atoms with Crippen LogP contribution >= 0.6 is 0 Å². The molecule has 3 nitrogen and oxygen atoms in total. The topological polar surface area (TPSA) is 40.6 Å². The van der Waals surface area contributed by atoms with Crippen molar-refractivity contribution in [1.29, 1.82) is 5.26 Å². The van der Waals surface area contributed by atoms with Gasteiger partial charge in [-0.25, -0.2) is 4.90 Å². The molecule has 0 bridgehead atoms. The number of hydrogen-bond donors (Lipinski definition) is 1. The normalized spacial score (nSPS) is 20.8. The number of nitrogens with one attached hydrogen (secondary N) is 1. The highest BCUT2D eigenvalue weighted by Crippen LogP contribution is 2.00. The third kappa shape index (κ3) is 1.80. The highest BCUT2D eigenvalue weighted by molar-refractivity contribution is 5.93. The molecule has 0 amide bonds. The molecule has 1 aromatic carbocycles. The highest BCUT2D eigenvalue weighted by atomic mass is 15.2. The lowest BCUT2D eigenvalue weighted by molar-refractivity contribution is -0.761. The molecule has 2 rings (SSSR count). The van der Waals surface area contributed by atoms with Gasteiger partial charge in [-0.05, 0) is 12.1 Å². The van der Waals surface area contributed by atoms with E-state index in [4.69, 9.17) is 5.26 Å². The van der Waals surface area contributed by atoms with Gasteiger partial charge in [-0.15, -0.1) is 0 Å². The van der Waals surface area contributed by atoms with Gasteiger partial charge in [0, 0.05) is 6.92 Å². The second kappa shape index (κ2) is 4.07. The zero-order valence-electron chi connectivity index (χ0n) is 8.51. The van der Waals surface area contributed by atoms with Crippen LogP contribution in [0.15, 0.2) is 47.7 Å². The molecule has 0 fully saturated rings. The number of aliphatic imine (C=N–C) groups is 1. The van der Waals surface area contributed by atoms with Gasteiger partial charge in [-0.2, -0.15) is 10.3 Å². The van der Waals surface area contributed by atoms with E-state index in [0.29, 0.717) is 0 Å². The molecule has 0 saturated heterocycles. The molecule has 0 aromatic heterocycles. The molecule has 1 aliphatic heterocycles. The SMILES string of the molecule is CC(C#N)[NH+]1C=CN=C1c1ccccc1. The van der Waals surface area contributed by atoms with Crippen molar-refractivity contribution in [2.24, 2.45) is 4.99 Å². The number of nitrogens with zero attached hydrogens (tertiary/aromatic N) is 2. The molecule has 1 heterocycles. The van der Waals surface area contributed by atoms with Crippen molar-refractivity contribution in [2.45, 2.75) is 13.0 Å². The first kappa shape index (κ1) is 9.63. The molecule has 0 aliphatic carbocycles. The predicted octanol–water partition coefficient (Wildman–Crippen LogP) is 0.715. The average molecular weight is 198 g/mol. The van der Waals surface area contributed by atoms with Crippen molar-refractivity contribution >= 4 is 5.84 Å². The lowest BCUT2D eigenvalue weighted by Gasteiger charge is -2.14. The molecule has 0 radical (unpaired) electrons.